The fourth-order valence-corrected chi connectivity index (χ4v) is 2.19. The fourth-order valence-electron chi connectivity index (χ4n) is 2.07. The largest absolute Gasteiger partial charge is 0.362 e. The molecule has 102 valence electrons. The van der Waals surface area contributed by atoms with Crippen LogP contribution in [-0.2, 0) is 11.3 Å². The van der Waals surface area contributed by atoms with Gasteiger partial charge in [-0.2, -0.15) is 0 Å². The number of benzene rings is 1. The molecule has 0 unspecified atom stereocenters. The van der Waals surface area contributed by atoms with Crippen molar-refractivity contribution in [1.29, 1.82) is 0 Å². The molecule has 2 nitrogen and oxygen atoms in total. The number of allylic oxidation sites excluding steroid dienone is 2. The average Bonchev–Trinajstić information content (AvgIpc) is 2.46. The van der Waals surface area contributed by atoms with Crippen molar-refractivity contribution in [2.75, 3.05) is 0 Å². The smallest absolute Gasteiger partial charge is 0.131 e. The number of nitrogens with zero attached hydrogens (tertiary/aromatic N) is 1. The molecule has 3 heteroatoms. The van der Waals surface area contributed by atoms with Crippen LogP contribution < -0.4 is 0 Å². The topological polar surface area (TPSA) is 21.6 Å². The zero-order valence-corrected chi connectivity index (χ0v) is 12.1. The second kappa shape index (κ2) is 7.34. The van der Waals surface area contributed by atoms with Crippen LogP contribution in [0.3, 0.4) is 0 Å². The highest BCUT2D eigenvalue weighted by molar-refractivity contribution is 6.30. The molecule has 1 aliphatic rings. The molecule has 1 heterocycles. The van der Waals surface area contributed by atoms with Crippen LogP contribution in [0.25, 0.3) is 0 Å². The van der Waals surface area contributed by atoms with E-state index in [9.17, 15) is 0 Å². The fraction of sp³-hybridized carbons (Fsp3) is 0.438. The highest BCUT2D eigenvalue weighted by Gasteiger charge is 2.07. The summed E-state index contributed by atoms with van der Waals surface area (Å²) in [6, 6.07) is 8.09. The Kier molecular flexibility index (Phi) is 5.46. The predicted octanol–water partition coefficient (Wildman–Crippen LogP) is 5.12. The van der Waals surface area contributed by atoms with Gasteiger partial charge in [-0.15, -0.1) is 0 Å². The van der Waals surface area contributed by atoms with Crippen LogP contribution in [0.1, 0.15) is 44.6 Å². The van der Waals surface area contributed by atoms with Crippen molar-refractivity contribution in [1.82, 2.24) is 0 Å². The van der Waals surface area contributed by atoms with Crippen LogP contribution in [0.15, 0.2) is 41.3 Å². The second-order valence-electron chi connectivity index (χ2n) is 4.81. The Morgan fingerprint density at radius 3 is 2.53 bits per heavy atom. The molecular formula is C16H20ClNO. The lowest BCUT2D eigenvalue weighted by Crippen LogP contribution is -2.03. The van der Waals surface area contributed by atoms with Gasteiger partial charge in [0, 0.05) is 17.9 Å². The van der Waals surface area contributed by atoms with Gasteiger partial charge >= 0.3 is 0 Å². The normalized spacial score (nSPS) is 14.6. The third-order valence-electron chi connectivity index (χ3n) is 3.32. The molecule has 0 saturated heterocycles. The van der Waals surface area contributed by atoms with E-state index in [1.54, 1.807) is 0 Å². The highest BCUT2D eigenvalue weighted by Crippen LogP contribution is 2.18. The van der Waals surface area contributed by atoms with Gasteiger partial charge in [0.15, 0.2) is 0 Å². The number of rotatable bonds is 6. The molecule has 0 bridgehead atoms. The number of hydrogen-bond donors (Lipinski definition) is 0. The molecule has 1 aromatic carbocycles. The van der Waals surface area contributed by atoms with Crippen LogP contribution >= 0.6 is 11.6 Å². The van der Waals surface area contributed by atoms with Crippen molar-refractivity contribution in [3.63, 3.8) is 0 Å². The van der Waals surface area contributed by atoms with Gasteiger partial charge in [-0.1, -0.05) is 35.8 Å². The van der Waals surface area contributed by atoms with E-state index >= 15 is 0 Å². The van der Waals surface area contributed by atoms with Crippen LogP contribution in [-0.4, -0.2) is 5.71 Å². The van der Waals surface area contributed by atoms with Crippen molar-refractivity contribution < 1.29 is 4.84 Å². The highest BCUT2D eigenvalue weighted by atomic mass is 35.5. The first kappa shape index (κ1) is 14.1. The van der Waals surface area contributed by atoms with Gasteiger partial charge in [-0.05, 0) is 49.5 Å². The predicted molar refractivity (Wildman–Crippen MR) is 80.5 cm³/mol. The maximum Gasteiger partial charge on any atom is 0.131 e. The summed E-state index contributed by atoms with van der Waals surface area (Å²) in [4.78, 5) is 5.38. The van der Waals surface area contributed by atoms with Crippen molar-refractivity contribution in [3.8, 4) is 0 Å². The van der Waals surface area contributed by atoms with Gasteiger partial charge in [0.25, 0.3) is 0 Å². The molecule has 0 spiro atoms. The molecule has 0 aliphatic carbocycles. The molecule has 0 radical (unpaired) electrons. The molecular weight excluding hydrogens is 258 g/mol. The SMILES string of the molecule is CCC1=NOC(CCCCc2ccc(Cl)cc2)=CC1. The quantitative estimate of drug-likeness (QED) is 0.661. The zero-order valence-electron chi connectivity index (χ0n) is 11.4. The van der Waals surface area contributed by atoms with Crippen molar-refractivity contribution in [2.45, 2.75) is 45.4 Å². The van der Waals surface area contributed by atoms with Gasteiger partial charge in [0.1, 0.15) is 5.76 Å². The van der Waals surface area contributed by atoms with Gasteiger partial charge in [-0.3, -0.25) is 0 Å². The summed E-state index contributed by atoms with van der Waals surface area (Å²) < 4.78 is 0. The van der Waals surface area contributed by atoms with Crippen molar-refractivity contribution >= 4 is 17.3 Å². The van der Waals surface area contributed by atoms with E-state index < -0.39 is 0 Å². The Labute approximate surface area is 120 Å². The van der Waals surface area contributed by atoms with Gasteiger partial charge in [-0.25, -0.2) is 0 Å². The van der Waals surface area contributed by atoms with Gasteiger partial charge < -0.3 is 4.84 Å². The van der Waals surface area contributed by atoms with Gasteiger partial charge in [0.2, 0.25) is 0 Å². The van der Waals surface area contributed by atoms with Crippen LogP contribution in [0.5, 0.6) is 0 Å². The summed E-state index contributed by atoms with van der Waals surface area (Å²) in [5.74, 6) is 1.02. The molecule has 1 aliphatic heterocycles. The number of unbranched alkanes of at least 4 members (excludes halogenated alkanes) is 1. The van der Waals surface area contributed by atoms with Gasteiger partial charge in [0.05, 0.1) is 5.71 Å². The number of aryl methyl sites for hydroxylation is 1. The molecule has 0 atom stereocenters. The van der Waals surface area contributed by atoms with Crippen LogP contribution in [0, 0.1) is 0 Å². The summed E-state index contributed by atoms with van der Waals surface area (Å²) in [7, 11) is 0. The Morgan fingerprint density at radius 2 is 1.89 bits per heavy atom. The molecule has 2 rings (SSSR count). The van der Waals surface area contributed by atoms with Crippen LogP contribution in [0.4, 0.5) is 0 Å². The molecule has 0 N–H and O–H groups in total. The van der Waals surface area contributed by atoms with Crippen molar-refractivity contribution in [3.05, 3.63) is 46.7 Å². The molecule has 0 fully saturated rings. The van der Waals surface area contributed by atoms with E-state index in [0.717, 1.165) is 55.0 Å². The Bertz CT molecular complexity index is 462. The molecule has 0 saturated carbocycles. The monoisotopic (exact) mass is 277 g/mol. The Balaban J connectivity index is 1.65. The summed E-state index contributed by atoms with van der Waals surface area (Å²) in [6.07, 6.45) is 8.44. The summed E-state index contributed by atoms with van der Waals surface area (Å²) >= 11 is 5.86. The molecule has 19 heavy (non-hydrogen) atoms. The molecule has 0 aromatic heterocycles. The summed E-state index contributed by atoms with van der Waals surface area (Å²) in [6.45, 7) is 2.10. The third kappa shape index (κ3) is 4.71. The summed E-state index contributed by atoms with van der Waals surface area (Å²) in [5.41, 5.74) is 2.47. The van der Waals surface area contributed by atoms with E-state index in [1.165, 1.54) is 5.56 Å². The lowest BCUT2D eigenvalue weighted by molar-refractivity contribution is 0.207. The minimum absolute atomic E-state index is 0.800. The van der Waals surface area contributed by atoms with E-state index in [0.29, 0.717) is 0 Å². The zero-order chi connectivity index (χ0) is 13.5. The third-order valence-corrected chi connectivity index (χ3v) is 3.57. The Morgan fingerprint density at radius 1 is 1.16 bits per heavy atom. The summed E-state index contributed by atoms with van der Waals surface area (Å²) in [5, 5.41) is 4.91. The standard InChI is InChI=1S/C16H20ClNO/c1-2-15-11-12-16(19-18-15)6-4-3-5-13-7-9-14(17)10-8-13/h7-10,12H,2-6,11H2,1H3. The lowest BCUT2D eigenvalue weighted by atomic mass is 10.1. The second-order valence-corrected chi connectivity index (χ2v) is 5.25. The van der Waals surface area contributed by atoms with E-state index in [2.05, 4.69) is 30.3 Å². The maximum atomic E-state index is 5.86. The number of hydrogen-bond acceptors (Lipinski definition) is 2. The first-order valence-corrected chi connectivity index (χ1v) is 7.32. The van der Waals surface area contributed by atoms with E-state index in [1.807, 2.05) is 12.1 Å². The van der Waals surface area contributed by atoms with E-state index in [4.69, 9.17) is 16.4 Å². The lowest BCUT2D eigenvalue weighted by Gasteiger charge is -2.11. The number of oxime groups is 1. The minimum Gasteiger partial charge on any atom is -0.362 e. The van der Waals surface area contributed by atoms with E-state index in [-0.39, 0.29) is 0 Å². The molecule has 0 amide bonds. The minimum atomic E-state index is 0.800. The van der Waals surface area contributed by atoms with Crippen molar-refractivity contribution in [2.24, 2.45) is 5.16 Å². The maximum absolute atomic E-state index is 5.86. The Hall–Kier alpha value is -1.28. The average molecular weight is 278 g/mol. The first-order valence-electron chi connectivity index (χ1n) is 6.94. The van der Waals surface area contributed by atoms with Crippen LogP contribution in [0.2, 0.25) is 5.02 Å². The molecule has 1 aromatic rings. The number of halogens is 1. The first-order chi connectivity index (χ1) is 9.28.